The van der Waals surface area contributed by atoms with Crippen LogP contribution in [0.25, 0.3) is 0 Å². The minimum absolute atomic E-state index is 0. The summed E-state index contributed by atoms with van der Waals surface area (Å²) < 4.78 is 6.92. The van der Waals surface area contributed by atoms with Crippen molar-refractivity contribution in [3.8, 4) is 0 Å². The Bertz CT molecular complexity index is 1630. The molecule has 15 unspecified atom stereocenters. The van der Waals surface area contributed by atoms with Crippen LogP contribution in [0, 0.1) is 114 Å². The molecule has 0 radical (unpaired) electrons. The van der Waals surface area contributed by atoms with Crippen LogP contribution in [-0.2, 0) is 4.74 Å². The highest BCUT2D eigenvalue weighted by Gasteiger charge is 2.67. The third kappa shape index (κ3) is 7.46. The molecule has 0 aromatic rings. The van der Waals surface area contributed by atoms with Crippen LogP contribution in [0.15, 0.2) is 12.2 Å². The average Bonchev–Trinajstić information content (AvgIpc) is 4.11. The molecule has 4 N–H and O–H groups in total. The molecule has 4 heteroatoms. The van der Waals surface area contributed by atoms with Gasteiger partial charge in [-0.3, -0.25) is 0 Å². The van der Waals surface area contributed by atoms with E-state index in [1.165, 1.54) is 115 Å². The van der Waals surface area contributed by atoms with Crippen molar-refractivity contribution >= 4 is 0 Å². The van der Waals surface area contributed by atoms with Crippen LogP contribution >= 0.6 is 0 Å². The van der Waals surface area contributed by atoms with Gasteiger partial charge in [0.05, 0.1) is 31.2 Å². The van der Waals surface area contributed by atoms with Crippen LogP contribution in [-0.4, -0.2) is 34.4 Å². The molecule has 12 bridgehead atoms. The first-order valence-corrected chi connectivity index (χ1v) is 27.1. The molecule has 0 aliphatic heterocycles. The van der Waals surface area contributed by atoms with E-state index in [4.69, 9.17) is 4.74 Å². The zero-order valence-electron chi connectivity index (χ0n) is 46.2. The second-order valence-corrected chi connectivity index (χ2v) is 29.3. The first kappa shape index (κ1) is 52.8. The molecule has 12 fully saturated rings. The Morgan fingerprint density at radius 1 is 0.547 bits per heavy atom. The Hall–Kier alpha value is -0.550. The zero-order chi connectivity index (χ0) is 45.6. The van der Waals surface area contributed by atoms with Gasteiger partial charge in [0.1, 0.15) is 5.41 Å². The normalized spacial score (nSPS) is 49.0. The molecule has 0 aromatic carbocycles. The van der Waals surface area contributed by atoms with E-state index in [2.05, 4.69) is 131 Å². The van der Waals surface area contributed by atoms with Crippen molar-refractivity contribution in [2.45, 2.75) is 252 Å². The maximum atomic E-state index is 9.81. The fraction of sp³-hybridized carbons (Fsp3) is 0.933. The molecule has 12 aliphatic carbocycles. The number of hydrogen-bond acceptors (Lipinski definition) is 3. The summed E-state index contributed by atoms with van der Waals surface area (Å²) in [6.07, 6.45) is 28.5. The van der Waals surface area contributed by atoms with E-state index in [1.807, 2.05) is 0 Å². The Balaban J connectivity index is 0.000000157. The summed E-state index contributed by atoms with van der Waals surface area (Å²) in [5.74, 6) is 9.23. The minimum atomic E-state index is -0.0313. The fourth-order valence-electron chi connectivity index (χ4n) is 18.5. The quantitative estimate of drug-likeness (QED) is 0.221. The lowest BCUT2D eigenvalue weighted by molar-refractivity contribution is -0.132. The van der Waals surface area contributed by atoms with E-state index in [9.17, 15) is 5.11 Å². The van der Waals surface area contributed by atoms with Crippen LogP contribution in [0.5, 0.6) is 0 Å². The second-order valence-electron chi connectivity index (χ2n) is 29.3. The summed E-state index contributed by atoms with van der Waals surface area (Å²) >= 11 is 0. The van der Waals surface area contributed by atoms with Crippen molar-refractivity contribution < 1.29 is 22.2 Å². The predicted octanol–water partition coefficient (Wildman–Crippen LogP) is 15.8. The molecule has 0 heterocycles. The fourth-order valence-corrected chi connectivity index (χ4v) is 18.5. The largest absolute Gasteiger partial charge is 1.00 e. The lowest BCUT2D eigenvalue weighted by atomic mass is 9.68. The first-order chi connectivity index (χ1) is 28.4. The predicted molar refractivity (Wildman–Crippen MR) is 270 cm³/mol. The SMILES string of the molecule is C=C1C2CCC(C2)C1(C)C.CC1(C)C2CCC1(C)C(O)C2.CC1(C)C2CCC1(C)C(OC1CC3CCC1(C)C3(C)C)C2.CC12[CH+]CC(CC1)C2(C)C.C[C-]1C2CCC(C2)C1(C)C.O.[H+].[OH-]. The van der Waals surface area contributed by atoms with Crippen molar-refractivity contribution in [3.63, 3.8) is 0 Å². The lowest BCUT2D eigenvalue weighted by Gasteiger charge is -2.48. The van der Waals surface area contributed by atoms with Gasteiger partial charge in [0.25, 0.3) is 0 Å². The van der Waals surface area contributed by atoms with E-state index in [1.54, 1.807) is 5.92 Å². The van der Waals surface area contributed by atoms with Gasteiger partial charge in [0.15, 0.2) is 0 Å². The van der Waals surface area contributed by atoms with Crippen LogP contribution in [0.2, 0.25) is 0 Å². The lowest BCUT2D eigenvalue weighted by Crippen LogP contribution is -2.44. The molecule has 12 rings (SSSR count). The van der Waals surface area contributed by atoms with Crippen molar-refractivity contribution in [1.82, 2.24) is 0 Å². The molecule has 15 atom stereocenters. The minimum Gasteiger partial charge on any atom is -0.870 e. The molecule has 4 nitrogen and oxygen atoms in total. The third-order valence-electron chi connectivity index (χ3n) is 26.7. The van der Waals surface area contributed by atoms with Crippen molar-refractivity contribution in [3.05, 3.63) is 24.5 Å². The number of hydrogen-bond donors (Lipinski definition) is 1. The number of aliphatic hydroxyl groups excluding tert-OH is 1. The number of rotatable bonds is 2. The maximum absolute atomic E-state index is 9.81. The number of ether oxygens (including phenoxy) is 1. The van der Waals surface area contributed by atoms with Crippen LogP contribution in [0.3, 0.4) is 0 Å². The number of fused-ring (bicyclic) bond motifs is 12. The molecule has 0 amide bonds. The first-order valence-electron chi connectivity index (χ1n) is 27.1. The second kappa shape index (κ2) is 16.8. The topological polar surface area (TPSA) is 91.0 Å². The summed E-state index contributed by atoms with van der Waals surface area (Å²) in [4.78, 5) is 0. The average molecular weight is 892 g/mol. The molecular weight excluding hydrogens is 785 g/mol. The van der Waals surface area contributed by atoms with Crippen molar-refractivity contribution in [2.75, 3.05) is 0 Å². The molecule has 0 aromatic heterocycles. The molecule has 370 valence electrons. The summed E-state index contributed by atoms with van der Waals surface area (Å²) in [5.41, 5.74) is 6.17. The summed E-state index contributed by atoms with van der Waals surface area (Å²) in [6.45, 7) is 45.4. The number of allylic oxidation sites excluding steroid dienone is 1. The van der Waals surface area contributed by atoms with E-state index < -0.39 is 0 Å². The molecule has 64 heavy (non-hydrogen) atoms. The highest BCUT2D eigenvalue weighted by molar-refractivity contribution is 5.23. The van der Waals surface area contributed by atoms with Crippen LogP contribution in [0.1, 0.15) is 235 Å². The molecule has 0 saturated heterocycles. The maximum Gasteiger partial charge on any atom is 1.00 e. The van der Waals surface area contributed by atoms with Gasteiger partial charge in [-0.15, -0.1) is 0 Å². The zero-order valence-corrected chi connectivity index (χ0v) is 45.2. The van der Waals surface area contributed by atoms with Crippen LogP contribution < -0.4 is 0 Å². The molecule has 12 saturated carbocycles. The van der Waals surface area contributed by atoms with Crippen molar-refractivity contribution in [1.29, 1.82) is 0 Å². The van der Waals surface area contributed by atoms with E-state index in [-0.39, 0.29) is 23.9 Å². The summed E-state index contributed by atoms with van der Waals surface area (Å²) in [5, 5.41) is 9.81. The van der Waals surface area contributed by atoms with Gasteiger partial charge in [-0.2, -0.15) is 18.3 Å². The van der Waals surface area contributed by atoms with E-state index in [0.29, 0.717) is 60.9 Å². The highest BCUT2D eigenvalue weighted by Crippen LogP contribution is 2.71. The van der Waals surface area contributed by atoms with Gasteiger partial charge < -0.3 is 26.7 Å². The van der Waals surface area contributed by atoms with Gasteiger partial charge in [0.2, 0.25) is 0 Å². The van der Waals surface area contributed by atoms with Gasteiger partial charge in [-0.1, -0.05) is 141 Å². The Labute approximate surface area is 398 Å². The van der Waals surface area contributed by atoms with Gasteiger partial charge >= 0.3 is 1.43 Å². The highest BCUT2D eigenvalue weighted by atomic mass is 16.5. The Morgan fingerprint density at radius 2 is 1.02 bits per heavy atom. The van der Waals surface area contributed by atoms with Gasteiger partial charge in [-0.05, 0) is 164 Å². The van der Waals surface area contributed by atoms with Crippen LogP contribution in [0.4, 0.5) is 0 Å². The summed E-state index contributed by atoms with van der Waals surface area (Å²) in [7, 11) is 0. The molecule has 12 aliphatic rings. The molecule has 0 spiro atoms. The standard InChI is InChI=1S/C20H34O.C10H18O.2C10H17.C10H16.2H2O/c1-17(2)13-7-9-19(17,5)15(11-13)21-16-12-14-8-10-20(16,6)18(14,3)4;1-9(2)7-4-5-10(9,3)8(11)6-7;1-9(2)8-4-6-10(9,3)7-5-8;2*1-7-8-4-5-9(6-8)10(7,2)3;;/h13-16H,7-12H2,1-6H3;7-8,11H,4-6H2,1-3H3;6,8H,4-5,7H2,1-3H3;8-9H,4-6H2,1-3H3;8-9H,1,4-6H2,2-3H3;2*1H2/q;;+1;-1;;;. The van der Waals surface area contributed by atoms with E-state index >= 15 is 0 Å². The van der Waals surface area contributed by atoms with Gasteiger partial charge in [-0.25, -0.2) is 0 Å². The smallest absolute Gasteiger partial charge is 0.870 e. The van der Waals surface area contributed by atoms with Gasteiger partial charge in [0, 0.05) is 11.3 Å². The van der Waals surface area contributed by atoms with E-state index in [0.717, 1.165) is 53.8 Å². The van der Waals surface area contributed by atoms with Crippen molar-refractivity contribution in [2.24, 2.45) is 101 Å². The molecular formula is C60H106O4. The monoisotopic (exact) mass is 891 g/mol. The number of aliphatic hydroxyl groups is 1. The summed E-state index contributed by atoms with van der Waals surface area (Å²) in [6, 6.07) is 0. The Morgan fingerprint density at radius 3 is 1.22 bits per heavy atom. The third-order valence-corrected chi connectivity index (χ3v) is 26.7. The Kier molecular flexibility index (Phi) is 13.9.